The lowest BCUT2D eigenvalue weighted by Crippen LogP contribution is -2.10. The molecule has 0 N–H and O–H groups in total. The van der Waals surface area contributed by atoms with Gasteiger partial charge >= 0.3 is 0 Å². The van der Waals surface area contributed by atoms with Crippen molar-refractivity contribution in [2.24, 2.45) is 0 Å². The van der Waals surface area contributed by atoms with Crippen LogP contribution in [0, 0.1) is 0 Å². The van der Waals surface area contributed by atoms with Crippen molar-refractivity contribution in [3.05, 3.63) is 28.2 Å². The van der Waals surface area contributed by atoms with Crippen molar-refractivity contribution < 1.29 is 14.3 Å². The maximum absolute atomic E-state index is 12.0. The van der Waals surface area contributed by atoms with E-state index in [-0.39, 0.29) is 12.4 Å². The van der Waals surface area contributed by atoms with Gasteiger partial charge < -0.3 is 9.47 Å². The molecule has 4 heteroatoms. The molecule has 0 saturated heterocycles. The minimum atomic E-state index is 0.00401. The Hall–Kier alpha value is -0.870. The molecule has 0 aromatic heterocycles. The third kappa shape index (κ3) is 7.09. The number of carbonyl (C=O) groups excluding carboxylic acids is 1. The van der Waals surface area contributed by atoms with Gasteiger partial charge in [0.05, 0.1) is 11.6 Å². The Labute approximate surface area is 136 Å². The van der Waals surface area contributed by atoms with E-state index >= 15 is 0 Å². The summed E-state index contributed by atoms with van der Waals surface area (Å²) >= 11 is 3.38. The van der Waals surface area contributed by atoms with Gasteiger partial charge in [0.2, 0.25) is 0 Å². The van der Waals surface area contributed by atoms with Crippen LogP contribution in [0.15, 0.2) is 22.7 Å². The number of hydrogen-bond acceptors (Lipinski definition) is 3. The standard InChI is InChI=1S/C17H25BrO3/c1-3-4-5-6-7-8-11-21-13-16(19)14-9-10-17(20-2)15(18)12-14/h9-10,12H,3-8,11,13H2,1-2H3. The number of Topliss-reactive ketones (excluding diaryl/α,β-unsaturated/α-hetero) is 1. The van der Waals surface area contributed by atoms with Crippen LogP contribution in [0.25, 0.3) is 0 Å². The first-order valence-electron chi connectivity index (χ1n) is 7.63. The number of methoxy groups -OCH3 is 1. The summed E-state index contributed by atoms with van der Waals surface area (Å²) in [6, 6.07) is 5.32. The maximum atomic E-state index is 12.0. The molecule has 0 saturated carbocycles. The van der Waals surface area contributed by atoms with Crippen LogP contribution in [0.3, 0.4) is 0 Å². The van der Waals surface area contributed by atoms with Gasteiger partial charge in [0, 0.05) is 12.2 Å². The van der Waals surface area contributed by atoms with Crippen molar-refractivity contribution in [3.8, 4) is 5.75 Å². The van der Waals surface area contributed by atoms with Crippen LogP contribution in [0.5, 0.6) is 5.75 Å². The van der Waals surface area contributed by atoms with Gasteiger partial charge in [0.1, 0.15) is 12.4 Å². The maximum Gasteiger partial charge on any atom is 0.188 e. The van der Waals surface area contributed by atoms with Gasteiger partial charge in [-0.1, -0.05) is 39.0 Å². The molecule has 0 aliphatic carbocycles. The first kappa shape index (κ1) is 18.2. The van der Waals surface area contributed by atoms with E-state index in [2.05, 4.69) is 22.9 Å². The van der Waals surface area contributed by atoms with Crippen LogP contribution in [0.1, 0.15) is 55.8 Å². The molecule has 0 amide bonds. The van der Waals surface area contributed by atoms with E-state index in [0.29, 0.717) is 12.2 Å². The van der Waals surface area contributed by atoms with Gasteiger partial charge in [-0.3, -0.25) is 4.79 Å². The van der Waals surface area contributed by atoms with Crippen molar-refractivity contribution in [3.63, 3.8) is 0 Å². The summed E-state index contributed by atoms with van der Waals surface area (Å²) in [5.74, 6) is 0.726. The number of hydrogen-bond donors (Lipinski definition) is 0. The van der Waals surface area contributed by atoms with E-state index in [9.17, 15) is 4.79 Å². The summed E-state index contributed by atoms with van der Waals surface area (Å²) in [5.41, 5.74) is 0.644. The number of rotatable bonds is 11. The van der Waals surface area contributed by atoms with Gasteiger partial charge in [-0.15, -0.1) is 0 Å². The highest BCUT2D eigenvalue weighted by molar-refractivity contribution is 9.10. The fourth-order valence-corrected chi connectivity index (χ4v) is 2.61. The van der Waals surface area contributed by atoms with Crippen molar-refractivity contribution in [2.45, 2.75) is 45.4 Å². The van der Waals surface area contributed by atoms with Crippen molar-refractivity contribution in [1.82, 2.24) is 0 Å². The molecule has 1 aromatic carbocycles. The molecule has 0 heterocycles. The van der Waals surface area contributed by atoms with Gasteiger partial charge in [0.25, 0.3) is 0 Å². The minimum absolute atomic E-state index is 0.00401. The molecule has 0 spiro atoms. The van der Waals surface area contributed by atoms with Gasteiger partial charge in [-0.05, 0) is 40.5 Å². The quantitative estimate of drug-likeness (QED) is 0.412. The zero-order chi connectivity index (χ0) is 15.5. The highest BCUT2D eigenvalue weighted by atomic mass is 79.9. The fraction of sp³-hybridized carbons (Fsp3) is 0.588. The lowest BCUT2D eigenvalue weighted by Gasteiger charge is -2.07. The number of ketones is 1. The van der Waals surface area contributed by atoms with Crippen LogP contribution in [-0.2, 0) is 4.74 Å². The minimum Gasteiger partial charge on any atom is -0.496 e. The largest absolute Gasteiger partial charge is 0.496 e. The molecule has 21 heavy (non-hydrogen) atoms. The normalized spacial score (nSPS) is 10.6. The van der Waals surface area contributed by atoms with E-state index < -0.39 is 0 Å². The van der Waals surface area contributed by atoms with E-state index in [1.165, 1.54) is 32.1 Å². The molecule has 0 bridgehead atoms. The third-order valence-electron chi connectivity index (χ3n) is 3.35. The van der Waals surface area contributed by atoms with Crippen molar-refractivity contribution in [2.75, 3.05) is 20.3 Å². The summed E-state index contributed by atoms with van der Waals surface area (Å²) in [4.78, 5) is 12.0. The Kier molecular flexibility index (Phi) is 9.35. The van der Waals surface area contributed by atoms with Crippen LogP contribution in [-0.4, -0.2) is 26.1 Å². The highest BCUT2D eigenvalue weighted by Gasteiger charge is 2.09. The molecule has 1 aromatic rings. The lowest BCUT2D eigenvalue weighted by molar-refractivity contribution is 0.0752. The summed E-state index contributed by atoms with van der Waals surface area (Å²) in [6.07, 6.45) is 7.35. The molecule has 1 rings (SSSR count). The second-order valence-corrected chi connectivity index (χ2v) is 5.95. The number of halogens is 1. The van der Waals surface area contributed by atoms with Crippen molar-refractivity contribution in [1.29, 1.82) is 0 Å². The predicted octanol–water partition coefficient (Wildman–Crippen LogP) is 5.02. The van der Waals surface area contributed by atoms with Gasteiger partial charge in [0.15, 0.2) is 5.78 Å². The Morgan fingerprint density at radius 1 is 1.14 bits per heavy atom. The van der Waals surface area contributed by atoms with Gasteiger partial charge in [-0.25, -0.2) is 0 Å². The summed E-state index contributed by atoms with van der Waals surface area (Å²) in [7, 11) is 1.60. The molecule has 0 aliphatic rings. The second kappa shape index (κ2) is 10.8. The Balaban J connectivity index is 2.20. The Morgan fingerprint density at radius 3 is 2.52 bits per heavy atom. The van der Waals surface area contributed by atoms with E-state index in [4.69, 9.17) is 9.47 Å². The molecule has 0 radical (unpaired) electrons. The predicted molar refractivity (Wildman–Crippen MR) is 89.2 cm³/mol. The first-order chi connectivity index (χ1) is 10.2. The average Bonchev–Trinajstić information content (AvgIpc) is 2.49. The van der Waals surface area contributed by atoms with Crippen LogP contribution >= 0.6 is 15.9 Å². The second-order valence-electron chi connectivity index (χ2n) is 5.09. The smallest absolute Gasteiger partial charge is 0.188 e. The average molecular weight is 357 g/mol. The zero-order valence-corrected chi connectivity index (χ0v) is 14.6. The molecule has 0 unspecified atom stereocenters. The molecule has 3 nitrogen and oxygen atoms in total. The summed E-state index contributed by atoms with van der Waals surface area (Å²) < 4.78 is 11.4. The number of ether oxygens (including phenoxy) is 2. The summed E-state index contributed by atoms with van der Waals surface area (Å²) in [6.45, 7) is 3.02. The SMILES string of the molecule is CCCCCCCCOCC(=O)c1ccc(OC)c(Br)c1. The molecular formula is C17H25BrO3. The monoisotopic (exact) mass is 356 g/mol. The molecular weight excluding hydrogens is 332 g/mol. The van der Waals surface area contributed by atoms with E-state index in [1.54, 1.807) is 25.3 Å². The molecule has 118 valence electrons. The number of unbranched alkanes of at least 4 members (excludes halogenated alkanes) is 5. The van der Waals surface area contributed by atoms with E-state index in [1.807, 2.05) is 0 Å². The highest BCUT2D eigenvalue weighted by Crippen LogP contribution is 2.25. The summed E-state index contributed by atoms with van der Waals surface area (Å²) in [5, 5.41) is 0. The topological polar surface area (TPSA) is 35.5 Å². The van der Waals surface area contributed by atoms with Crippen LogP contribution < -0.4 is 4.74 Å². The Bertz CT molecular complexity index is 432. The first-order valence-corrected chi connectivity index (χ1v) is 8.42. The number of benzene rings is 1. The fourth-order valence-electron chi connectivity index (χ4n) is 2.07. The molecule has 0 aliphatic heterocycles. The van der Waals surface area contributed by atoms with Crippen molar-refractivity contribution >= 4 is 21.7 Å². The third-order valence-corrected chi connectivity index (χ3v) is 3.97. The zero-order valence-electron chi connectivity index (χ0n) is 13.0. The Morgan fingerprint density at radius 2 is 1.86 bits per heavy atom. The van der Waals surface area contributed by atoms with Gasteiger partial charge in [-0.2, -0.15) is 0 Å². The van der Waals surface area contributed by atoms with Crippen LogP contribution in [0.4, 0.5) is 0 Å². The molecule has 0 fully saturated rings. The number of carbonyl (C=O) groups is 1. The van der Waals surface area contributed by atoms with Crippen LogP contribution in [0.2, 0.25) is 0 Å². The lowest BCUT2D eigenvalue weighted by atomic mass is 10.1. The van der Waals surface area contributed by atoms with E-state index in [0.717, 1.165) is 16.6 Å². The molecule has 0 atom stereocenters.